The normalized spacial score (nSPS) is 14.0. The van der Waals surface area contributed by atoms with Crippen molar-refractivity contribution in [1.29, 1.82) is 0 Å². The number of methoxy groups -OCH3 is 1. The van der Waals surface area contributed by atoms with E-state index in [1.807, 2.05) is 17.0 Å². The molecule has 0 spiro atoms. The van der Waals surface area contributed by atoms with E-state index in [1.54, 1.807) is 17.8 Å². The molecule has 1 aliphatic rings. The van der Waals surface area contributed by atoms with E-state index in [0.717, 1.165) is 17.7 Å². The lowest BCUT2D eigenvalue weighted by molar-refractivity contribution is -0.116. The maximum Gasteiger partial charge on any atom is 0.337 e. The summed E-state index contributed by atoms with van der Waals surface area (Å²) < 4.78 is 4.80. The molecule has 2 rings (SSSR count). The predicted octanol–water partition coefficient (Wildman–Crippen LogP) is 2.89. The van der Waals surface area contributed by atoms with Gasteiger partial charge < -0.3 is 9.64 Å². The maximum absolute atomic E-state index is 12.3. The molecule has 1 amide bonds. The molecular formula is C16H21NO3S. The van der Waals surface area contributed by atoms with Crippen molar-refractivity contribution in [3.8, 4) is 0 Å². The third-order valence-corrected chi connectivity index (χ3v) is 4.58. The smallest absolute Gasteiger partial charge is 0.337 e. The Hall–Kier alpha value is -1.49. The zero-order valence-corrected chi connectivity index (χ0v) is 13.8. The standard InChI is InChI=1S/C16H21NO3S/c1-16(2,3)21-10-14(18)17-8-7-11-9-12(15(19)20-4)5-6-13(11)17/h5-6,9H,7-8,10H2,1-4H3. The summed E-state index contributed by atoms with van der Waals surface area (Å²) in [5.74, 6) is 0.257. The van der Waals surface area contributed by atoms with Gasteiger partial charge in [-0.15, -0.1) is 11.8 Å². The molecule has 0 aliphatic carbocycles. The van der Waals surface area contributed by atoms with Crippen LogP contribution in [0.2, 0.25) is 0 Å². The molecule has 0 bridgehead atoms. The number of rotatable bonds is 3. The first-order chi connectivity index (χ1) is 9.81. The number of carbonyl (C=O) groups is 2. The highest BCUT2D eigenvalue weighted by Gasteiger charge is 2.26. The van der Waals surface area contributed by atoms with Gasteiger partial charge in [0.05, 0.1) is 18.4 Å². The number of hydrogen-bond donors (Lipinski definition) is 0. The summed E-state index contributed by atoms with van der Waals surface area (Å²) in [6, 6.07) is 5.38. The number of thioether (sulfide) groups is 1. The zero-order chi connectivity index (χ0) is 15.6. The van der Waals surface area contributed by atoms with E-state index >= 15 is 0 Å². The minimum Gasteiger partial charge on any atom is -0.465 e. The molecule has 1 aromatic rings. The van der Waals surface area contributed by atoms with Crippen molar-refractivity contribution in [3.63, 3.8) is 0 Å². The number of benzene rings is 1. The Bertz CT molecular complexity index is 563. The number of anilines is 1. The van der Waals surface area contributed by atoms with Gasteiger partial charge in [0.2, 0.25) is 5.91 Å². The topological polar surface area (TPSA) is 46.6 Å². The first-order valence-electron chi connectivity index (χ1n) is 6.97. The van der Waals surface area contributed by atoms with Crippen molar-refractivity contribution >= 4 is 29.3 Å². The Morgan fingerprint density at radius 2 is 2.05 bits per heavy atom. The average Bonchev–Trinajstić information content (AvgIpc) is 2.86. The number of amides is 1. The SMILES string of the molecule is COC(=O)c1ccc2c(c1)CCN2C(=O)CSC(C)(C)C. The van der Waals surface area contributed by atoms with Crippen LogP contribution in [0.15, 0.2) is 18.2 Å². The van der Waals surface area contributed by atoms with Crippen LogP contribution in [0.4, 0.5) is 5.69 Å². The number of nitrogens with zero attached hydrogens (tertiary/aromatic N) is 1. The molecule has 114 valence electrons. The van der Waals surface area contributed by atoms with Crippen LogP contribution in [0.25, 0.3) is 0 Å². The van der Waals surface area contributed by atoms with Crippen LogP contribution in [-0.2, 0) is 16.0 Å². The van der Waals surface area contributed by atoms with Crippen LogP contribution in [0.5, 0.6) is 0 Å². The third-order valence-electron chi connectivity index (χ3n) is 3.33. The van der Waals surface area contributed by atoms with Gasteiger partial charge in [-0.3, -0.25) is 4.79 Å². The summed E-state index contributed by atoms with van der Waals surface area (Å²) in [4.78, 5) is 25.7. The summed E-state index contributed by atoms with van der Waals surface area (Å²) in [5.41, 5.74) is 2.49. The molecule has 1 heterocycles. The van der Waals surface area contributed by atoms with E-state index in [1.165, 1.54) is 7.11 Å². The first-order valence-corrected chi connectivity index (χ1v) is 7.96. The quantitative estimate of drug-likeness (QED) is 0.806. The second kappa shape index (κ2) is 6.10. The van der Waals surface area contributed by atoms with Gasteiger partial charge in [0.15, 0.2) is 0 Å². The third kappa shape index (κ3) is 3.79. The van der Waals surface area contributed by atoms with Crippen molar-refractivity contribution < 1.29 is 14.3 Å². The Morgan fingerprint density at radius 1 is 1.33 bits per heavy atom. The number of ether oxygens (including phenoxy) is 1. The van der Waals surface area contributed by atoms with Crippen LogP contribution in [0, 0.1) is 0 Å². The zero-order valence-electron chi connectivity index (χ0n) is 12.9. The van der Waals surface area contributed by atoms with Gasteiger partial charge in [-0.1, -0.05) is 20.8 Å². The molecule has 0 aromatic heterocycles. The van der Waals surface area contributed by atoms with Gasteiger partial charge in [-0.05, 0) is 30.2 Å². The van der Waals surface area contributed by atoms with Crippen LogP contribution >= 0.6 is 11.8 Å². The van der Waals surface area contributed by atoms with Gasteiger partial charge in [0.1, 0.15) is 0 Å². The van der Waals surface area contributed by atoms with Crippen molar-refractivity contribution in [3.05, 3.63) is 29.3 Å². The highest BCUT2D eigenvalue weighted by atomic mass is 32.2. The van der Waals surface area contributed by atoms with Crippen LogP contribution in [-0.4, -0.2) is 36.0 Å². The minimum atomic E-state index is -0.342. The largest absolute Gasteiger partial charge is 0.465 e. The first kappa shape index (κ1) is 15.9. The second-order valence-electron chi connectivity index (χ2n) is 6.03. The van der Waals surface area contributed by atoms with Gasteiger partial charge in [-0.2, -0.15) is 0 Å². The van der Waals surface area contributed by atoms with E-state index in [0.29, 0.717) is 17.9 Å². The van der Waals surface area contributed by atoms with Gasteiger partial charge >= 0.3 is 5.97 Å². The highest BCUT2D eigenvalue weighted by Crippen LogP contribution is 2.31. The number of hydrogen-bond acceptors (Lipinski definition) is 4. The number of fused-ring (bicyclic) bond motifs is 1. The molecule has 0 N–H and O–H groups in total. The van der Waals surface area contributed by atoms with Crippen LogP contribution < -0.4 is 4.90 Å². The van der Waals surface area contributed by atoms with Crippen molar-refractivity contribution in [1.82, 2.24) is 0 Å². The monoisotopic (exact) mass is 307 g/mol. The summed E-state index contributed by atoms with van der Waals surface area (Å²) in [6.07, 6.45) is 0.784. The van der Waals surface area contributed by atoms with E-state index in [2.05, 4.69) is 20.8 Å². The molecule has 1 aromatic carbocycles. The summed E-state index contributed by atoms with van der Waals surface area (Å²) in [5, 5.41) is 0. The summed E-state index contributed by atoms with van der Waals surface area (Å²) in [7, 11) is 1.37. The van der Waals surface area contributed by atoms with E-state index < -0.39 is 0 Å². The van der Waals surface area contributed by atoms with E-state index in [-0.39, 0.29) is 16.6 Å². The second-order valence-corrected chi connectivity index (χ2v) is 7.83. The lowest BCUT2D eigenvalue weighted by atomic mass is 10.1. The van der Waals surface area contributed by atoms with Crippen molar-refractivity contribution in [2.45, 2.75) is 31.9 Å². The molecule has 4 nitrogen and oxygen atoms in total. The fourth-order valence-corrected chi connectivity index (χ4v) is 2.97. The lowest BCUT2D eigenvalue weighted by Crippen LogP contribution is -2.31. The molecule has 0 saturated carbocycles. The fraction of sp³-hybridized carbons (Fsp3) is 0.500. The Balaban J connectivity index is 2.11. The number of carbonyl (C=O) groups excluding carboxylic acids is 2. The average molecular weight is 307 g/mol. The van der Waals surface area contributed by atoms with Gasteiger partial charge in [-0.25, -0.2) is 4.79 Å². The number of esters is 1. The van der Waals surface area contributed by atoms with Crippen LogP contribution in [0.1, 0.15) is 36.7 Å². The maximum atomic E-state index is 12.3. The van der Waals surface area contributed by atoms with Crippen LogP contribution in [0.3, 0.4) is 0 Å². The lowest BCUT2D eigenvalue weighted by Gasteiger charge is -2.21. The molecule has 0 atom stereocenters. The Morgan fingerprint density at radius 3 is 2.67 bits per heavy atom. The minimum absolute atomic E-state index is 0.0763. The highest BCUT2D eigenvalue weighted by molar-refractivity contribution is 8.01. The van der Waals surface area contributed by atoms with Gasteiger partial charge in [0, 0.05) is 17.0 Å². The predicted molar refractivity (Wildman–Crippen MR) is 86.0 cm³/mol. The van der Waals surface area contributed by atoms with E-state index in [4.69, 9.17) is 4.74 Å². The summed E-state index contributed by atoms with van der Waals surface area (Å²) >= 11 is 1.65. The molecular weight excluding hydrogens is 286 g/mol. The molecule has 0 fully saturated rings. The summed E-state index contributed by atoms with van der Waals surface area (Å²) in [6.45, 7) is 6.99. The molecule has 1 aliphatic heterocycles. The Kier molecular flexibility index (Phi) is 4.61. The molecule has 21 heavy (non-hydrogen) atoms. The molecule has 5 heteroatoms. The molecule has 0 radical (unpaired) electrons. The van der Waals surface area contributed by atoms with E-state index in [9.17, 15) is 9.59 Å². The Labute approximate surface area is 129 Å². The molecule has 0 saturated heterocycles. The van der Waals surface area contributed by atoms with Gasteiger partial charge in [0.25, 0.3) is 0 Å². The van der Waals surface area contributed by atoms with Crippen molar-refractivity contribution in [2.24, 2.45) is 0 Å². The van der Waals surface area contributed by atoms with Crippen molar-refractivity contribution in [2.75, 3.05) is 24.3 Å². The fourth-order valence-electron chi connectivity index (χ4n) is 2.26. The molecule has 0 unspecified atom stereocenters.